The first-order valence-electron chi connectivity index (χ1n) is 5.08. The van der Waals surface area contributed by atoms with Gasteiger partial charge in [0, 0.05) is 4.47 Å². The van der Waals surface area contributed by atoms with E-state index in [4.69, 9.17) is 23.2 Å². The highest BCUT2D eigenvalue weighted by molar-refractivity contribution is 9.10. The molecule has 7 heteroatoms. The van der Waals surface area contributed by atoms with Crippen molar-refractivity contribution in [1.29, 1.82) is 0 Å². The average Bonchev–Trinajstić information content (AvgIpc) is 2.35. The van der Waals surface area contributed by atoms with Crippen molar-refractivity contribution in [3.63, 3.8) is 0 Å². The SMILES string of the molecule is O=C(NC(CO)C(O)c1ccc(Br)cc1)C(Cl)Cl. The van der Waals surface area contributed by atoms with Crippen LogP contribution in [0.2, 0.25) is 0 Å². The molecule has 1 aromatic carbocycles. The molecule has 0 saturated heterocycles. The monoisotopic (exact) mass is 355 g/mol. The number of rotatable bonds is 5. The smallest absolute Gasteiger partial charge is 0.253 e. The van der Waals surface area contributed by atoms with E-state index in [0.29, 0.717) is 5.56 Å². The zero-order chi connectivity index (χ0) is 13.7. The maximum atomic E-state index is 11.3. The highest BCUT2D eigenvalue weighted by atomic mass is 79.9. The number of aliphatic hydroxyl groups excluding tert-OH is 2. The van der Waals surface area contributed by atoms with Gasteiger partial charge in [0.15, 0.2) is 4.84 Å². The van der Waals surface area contributed by atoms with Crippen LogP contribution in [0.3, 0.4) is 0 Å². The topological polar surface area (TPSA) is 69.6 Å². The van der Waals surface area contributed by atoms with Crippen LogP contribution >= 0.6 is 39.1 Å². The molecule has 18 heavy (non-hydrogen) atoms. The van der Waals surface area contributed by atoms with Crippen LogP contribution in [0.1, 0.15) is 11.7 Å². The summed E-state index contributed by atoms with van der Waals surface area (Å²) in [6, 6.07) is 6.01. The Morgan fingerprint density at radius 1 is 1.33 bits per heavy atom. The minimum atomic E-state index is -1.24. The van der Waals surface area contributed by atoms with Gasteiger partial charge in [-0.1, -0.05) is 51.3 Å². The normalized spacial score (nSPS) is 14.3. The fourth-order valence-corrected chi connectivity index (χ4v) is 1.75. The lowest BCUT2D eigenvalue weighted by Crippen LogP contribution is -2.44. The Morgan fingerprint density at radius 2 is 1.89 bits per heavy atom. The van der Waals surface area contributed by atoms with Gasteiger partial charge in [-0.25, -0.2) is 0 Å². The van der Waals surface area contributed by atoms with E-state index in [1.165, 1.54) is 0 Å². The molecule has 0 heterocycles. The van der Waals surface area contributed by atoms with Gasteiger partial charge >= 0.3 is 0 Å². The molecule has 0 spiro atoms. The molecule has 2 unspecified atom stereocenters. The molecule has 0 aliphatic rings. The van der Waals surface area contributed by atoms with Crippen molar-refractivity contribution in [3.8, 4) is 0 Å². The molecule has 1 amide bonds. The lowest BCUT2D eigenvalue weighted by molar-refractivity contribution is -0.121. The van der Waals surface area contributed by atoms with E-state index >= 15 is 0 Å². The molecule has 100 valence electrons. The number of hydrogen-bond donors (Lipinski definition) is 3. The van der Waals surface area contributed by atoms with Gasteiger partial charge in [0.25, 0.3) is 5.91 Å². The van der Waals surface area contributed by atoms with E-state index in [2.05, 4.69) is 21.2 Å². The Labute approximate surface area is 123 Å². The van der Waals surface area contributed by atoms with Crippen LogP contribution in [0.5, 0.6) is 0 Å². The lowest BCUT2D eigenvalue weighted by Gasteiger charge is -2.22. The predicted molar refractivity (Wildman–Crippen MR) is 73.6 cm³/mol. The maximum Gasteiger partial charge on any atom is 0.253 e. The summed E-state index contributed by atoms with van der Waals surface area (Å²) in [7, 11) is 0. The molecule has 3 N–H and O–H groups in total. The third-order valence-corrected chi connectivity index (χ3v) is 3.24. The molecule has 0 bridgehead atoms. The summed E-state index contributed by atoms with van der Waals surface area (Å²) >= 11 is 14.0. The average molecular weight is 357 g/mol. The zero-order valence-corrected chi connectivity index (χ0v) is 12.3. The van der Waals surface area contributed by atoms with E-state index in [9.17, 15) is 15.0 Å². The van der Waals surface area contributed by atoms with Gasteiger partial charge in [-0.15, -0.1) is 0 Å². The quantitative estimate of drug-likeness (QED) is 0.704. The van der Waals surface area contributed by atoms with Gasteiger partial charge in [0.1, 0.15) is 6.10 Å². The predicted octanol–water partition coefficient (Wildman–Crippen LogP) is 1.76. The number of amides is 1. The molecule has 0 aliphatic carbocycles. The van der Waals surface area contributed by atoms with Crippen molar-refractivity contribution in [2.75, 3.05) is 6.61 Å². The molecule has 2 atom stereocenters. The molecule has 4 nitrogen and oxygen atoms in total. The summed E-state index contributed by atoms with van der Waals surface area (Å²) < 4.78 is 0.865. The van der Waals surface area contributed by atoms with E-state index < -0.39 is 29.5 Å². The summed E-state index contributed by atoms with van der Waals surface area (Å²) in [4.78, 5) is 10.1. The number of carbonyl (C=O) groups is 1. The molecular formula is C11H12BrCl2NO3. The largest absolute Gasteiger partial charge is 0.394 e. The van der Waals surface area contributed by atoms with Gasteiger partial charge < -0.3 is 15.5 Å². The van der Waals surface area contributed by atoms with Crippen LogP contribution in [0, 0.1) is 0 Å². The number of carbonyl (C=O) groups excluding carboxylic acids is 1. The molecule has 1 aromatic rings. The second-order valence-electron chi connectivity index (χ2n) is 3.59. The first kappa shape index (κ1) is 15.7. The van der Waals surface area contributed by atoms with E-state index in [0.717, 1.165) is 4.47 Å². The fraction of sp³-hybridized carbons (Fsp3) is 0.364. The minimum absolute atomic E-state index is 0.427. The second-order valence-corrected chi connectivity index (χ2v) is 5.61. The van der Waals surface area contributed by atoms with Gasteiger partial charge in [-0.2, -0.15) is 0 Å². The molecule has 0 radical (unpaired) electrons. The maximum absolute atomic E-state index is 11.3. The molecule has 0 aromatic heterocycles. The minimum Gasteiger partial charge on any atom is -0.394 e. The summed E-state index contributed by atoms with van der Waals surface area (Å²) in [5.74, 6) is -0.659. The number of halogens is 3. The lowest BCUT2D eigenvalue weighted by atomic mass is 10.0. The Morgan fingerprint density at radius 3 is 2.33 bits per heavy atom. The summed E-state index contributed by atoms with van der Waals surface area (Å²) in [6.45, 7) is -0.427. The highest BCUT2D eigenvalue weighted by Crippen LogP contribution is 2.20. The first-order chi connectivity index (χ1) is 8.45. The number of alkyl halides is 2. The Balaban J connectivity index is 2.75. The van der Waals surface area contributed by atoms with E-state index in [1.54, 1.807) is 24.3 Å². The van der Waals surface area contributed by atoms with Crippen LogP contribution in [0.25, 0.3) is 0 Å². The summed E-state index contributed by atoms with van der Waals surface area (Å²) in [6.07, 6.45) is -1.04. The van der Waals surface area contributed by atoms with Crippen molar-refractivity contribution >= 4 is 45.0 Å². The molecular weight excluding hydrogens is 345 g/mol. The van der Waals surface area contributed by atoms with Crippen LogP contribution in [0.4, 0.5) is 0 Å². The van der Waals surface area contributed by atoms with Crippen LogP contribution < -0.4 is 5.32 Å². The summed E-state index contributed by atoms with van der Waals surface area (Å²) in [5, 5.41) is 21.6. The number of hydrogen-bond acceptors (Lipinski definition) is 3. The van der Waals surface area contributed by atoms with Crippen LogP contribution in [-0.4, -0.2) is 33.6 Å². The number of aliphatic hydroxyl groups is 2. The molecule has 1 rings (SSSR count). The Bertz CT molecular complexity index is 400. The second kappa shape index (κ2) is 7.31. The zero-order valence-electron chi connectivity index (χ0n) is 9.19. The van der Waals surface area contributed by atoms with Crippen molar-refractivity contribution in [2.24, 2.45) is 0 Å². The van der Waals surface area contributed by atoms with Gasteiger partial charge in [0.05, 0.1) is 12.6 Å². The van der Waals surface area contributed by atoms with Gasteiger partial charge in [0.2, 0.25) is 0 Å². The van der Waals surface area contributed by atoms with Crippen molar-refractivity contribution < 1.29 is 15.0 Å². The third-order valence-electron chi connectivity index (χ3n) is 2.32. The van der Waals surface area contributed by atoms with Crippen molar-refractivity contribution in [3.05, 3.63) is 34.3 Å². The van der Waals surface area contributed by atoms with Crippen molar-refractivity contribution in [2.45, 2.75) is 17.0 Å². The molecule has 0 saturated carbocycles. The van der Waals surface area contributed by atoms with Crippen LogP contribution in [0.15, 0.2) is 28.7 Å². The van der Waals surface area contributed by atoms with Crippen LogP contribution in [-0.2, 0) is 4.79 Å². The van der Waals surface area contributed by atoms with E-state index in [1.807, 2.05) is 0 Å². The van der Waals surface area contributed by atoms with E-state index in [-0.39, 0.29) is 0 Å². The number of nitrogens with one attached hydrogen (secondary N) is 1. The third kappa shape index (κ3) is 4.40. The Hall–Kier alpha value is -0.330. The Kier molecular flexibility index (Phi) is 6.38. The molecule has 0 aliphatic heterocycles. The standard InChI is InChI=1S/C11H12BrCl2NO3/c12-7-3-1-6(2-4-7)9(17)8(5-16)15-11(18)10(13)14/h1-4,8-10,16-17H,5H2,(H,15,18). The highest BCUT2D eigenvalue weighted by Gasteiger charge is 2.24. The van der Waals surface area contributed by atoms with Gasteiger partial charge in [-0.05, 0) is 17.7 Å². The molecule has 0 fully saturated rings. The van der Waals surface area contributed by atoms with Gasteiger partial charge in [-0.3, -0.25) is 4.79 Å². The number of benzene rings is 1. The first-order valence-corrected chi connectivity index (χ1v) is 6.75. The summed E-state index contributed by atoms with van der Waals surface area (Å²) in [5.41, 5.74) is 0.568. The van der Waals surface area contributed by atoms with Crippen molar-refractivity contribution in [1.82, 2.24) is 5.32 Å². The fourth-order valence-electron chi connectivity index (χ4n) is 1.36.